The number of thiophene rings is 1. The van der Waals surface area contributed by atoms with E-state index in [9.17, 15) is 10.1 Å². The van der Waals surface area contributed by atoms with Crippen molar-refractivity contribution in [3.8, 4) is 0 Å². The number of aryl methyl sites for hydroxylation is 2. The summed E-state index contributed by atoms with van der Waals surface area (Å²) in [5.74, 6) is 0. The Bertz CT molecular complexity index is 302. The first-order valence-corrected chi connectivity index (χ1v) is 4.74. The molecule has 1 N–H and O–H groups in total. The molecule has 0 fully saturated rings. The Hall–Kier alpha value is -0.940. The van der Waals surface area contributed by atoms with Crippen LogP contribution in [0.25, 0.3) is 0 Å². The predicted molar refractivity (Wildman–Crippen MR) is 50.6 cm³/mol. The summed E-state index contributed by atoms with van der Waals surface area (Å²) in [7, 11) is 0. The Morgan fingerprint density at radius 3 is 2.62 bits per heavy atom. The number of nitrogens with zero attached hydrogens (tertiary/aromatic N) is 1. The molecule has 72 valence electrons. The monoisotopic (exact) mass is 201 g/mol. The minimum atomic E-state index is -0.966. The van der Waals surface area contributed by atoms with Crippen LogP contribution in [0.3, 0.4) is 0 Å². The van der Waals surface area contributed by atoms with E-state index in [1.54, 1.807) is 0 Å². The first kappa shape index (κ1) is 10.1. The zero-order valence-electron chi connectivity index (χ0n) is 7.48. The minimum absolute atomic E-state index is 0.439. The van der Waals surface area contributed by atoms with Gasteiger partial charge in [-0.2, -0.15) is 0 Å². The molecule has 0 amide bonds. The molecule has 4 nitrogen and oxygen atoms in total. The molecule has 1 rings (SSSR count). The van der Waals surface area contributed by atoms with Crippen LogP contribution in [0.4, 0.5) is 0 Å². The van der Waals surface area contributed by atoms with Crippen molar-refractivity contribution in [2.24, 2.45) is 0 Å². The highest BCUT2D eigenvalue weighted by Gasteiger charge is 2.26. The van der Waals surface area contributed by atoms with Crippen LogP contribution in [0, 0.1) is 24.0 Å². The fourth-order valence-electron chi connectivity index (χ4n) is 1.34. The van der Waals surface area contributed by atoms with E-state index in [0.717, 1.165) is 10.4 Å². The van der Waals surface area contributed by atoms with E-state index in [1.165, 1.54) is 11.3 Å². The minimum Gasteiger partial charge on any atom is -0.389 e. The summed E-state index contributed by atoms with van der Waals surface area (Å²) in [6.45, 7) is 3.22. The maximum Gasteiger partial charge on any atom is 0.262 e. The largest absolute Gasteiger partial charge is 0.389 e. The van der Waals surface area contributed by atoms with Crippen LogP contribution in [0.1, 0.15) is 22.0 Å². The Kier molecular flexibility index (Phi) is 3.00. The van der Waals surface area contributed by atoms with Gasteiger partial charge in [0.25, 0.3) is 6.04 Å². The highest BCUT2D eigenvalue weighted by Crippen LogP contribution is 2.28. The van der Waals surface area contributed by atoms with Crippen molar-refractivity contribution in [2.45, 2.75) is 19.9 Å². The number of nitro groups is 1. The van der Waals surface area contributed by atoms with Crippen LogP contribution in [-0.2, 0) is 0 Å². The lowest BCUT2D eigenvalue weighted by Crippen LogP contribution is -2.15. The Labute approximate surface area is 80.0 Å². The molecule has 1 atom stereocenters. The first-order chi connectivity index (χ1) is 6.07. The predicted octanol–water partition coefficient (Wildman–Crippen LogP) is 1.68. The van der Waals surface area contributed by atoms with Crippen LogP contribution in [-0.4, -0.2) is 16.6 Å². The van der Waals surface area contributed by atoms with E-state index >= 15 is 0 Å². The van der Waals surface area contributed by atoms with Crippen molar-refractivity contribution in [1.29, 1.82) is 0 Å². The van der Waals surface area contributed by atoms with Crippen LogP contribution >= 0.6 is 11.3 Å². The highest BCUT2D eigenvalue weighted by molar-refractivity contribution is 7.10. The third-order valence-corrected chi connectivity index (χ3v) is 3.02. The number of aliphatic hydroxyl groups excluding tert-OH is 1. The zero-order chi connectivity index (χ0) is 10.0. The van der Waals surface area contributed by atoms with Gasteiger partial charge in [0.05, 0.1) is 0 Å². The number of hydrogen-bond acceptors (Lipinski definition) is 4. The van der Waals surface area contributed by atoms with Gasteiger partial charge in [-0.25, -0.2) is 0 Å². The Morgan fingerprint density at radius 2 is 2.31 bits per heavy atom. The standard InChI is InChI=1S/C8H11NO3S/c1-5-4-13-6(2)8(5)7(3-10)9(11)12/h4,7,10H,3H2,1-2H3. The van der Waals surface area contributed by atoms with Crippen molar-refractivity contribution in [1.82, 2.24) is 0 Å². The summed E-state index contributed by atoms with van der Waals surface area (Å²) in [6.07, 6.45) is 0. The van der Waals surface area contributed by atoms with E-state index in [4.69, 9.17) is 5.11 Å². The molecule has 0 spiro atoms. The molecule has 0 aliphatic heterocycles. The fraction of sp³-hybridized carbons (Fsp3) is 0.500. The molecular weight excluding hydrogens is 190 g/mol. The molecule has 0 bridgehead atoms. The van der Waals surface area contributed by atoms with E-state index in [-0.39, 0.29) is 0 Å². The molecule has 0 saturated heterocycles. The van der Waals surface area contributed by atoms with Gasteiger partial charge in [-0.05, 0) is 24.8 Å². The van der Waals surface area contributed by atoms with Gasteiger partial charge < -0.3 is 5.11 Å². The van der Waals surface area contributed by atoms with Crippen LogP contribution in [0.15, 0.2) is 5.38 Å². The lowest BCUT2D eigenvalue weighted by molar-refractivity contribution is -0.532. The van der Waals surface area contributed by atoms with Gasteiger partial charge in [0.1, 0.15) is 6.61 Å². The molecule has 0 aliphatic carbocycles. The van der Waals surface area contributed by atoms with Crippen molar-refractivity contribution in [2.75, 3.05) is 6.61 Å². The number of rotatable bonds is 3. The van der Waals surface area contributed by atoms with Gasteiger partial charge in [-0.1, -0.05) is 0 Å². The van der Waals surface area contributed by atoms with Crippen molar-refractivity contribution >= 4 is 11.3 Å². The van der Waals surface area contributed by atoms with Crippen molar-refractivity contribution in [3.05, 3.63) is 31.5 Å². The second-order valence-corrected chi connectivity index (χ2v) is 3.96. The third kappa shape index (κ3) is 1.87. The van der Waals surface area contributed by atoms with Gasteiger partial charge >= 0.3 is 0 Å². The first-order valence-electron chi connectivity index (χ1n) is 3.86. The molecule has 1 aromatic heterocycles. The summed E-state index contributed by atoms with van der Waals surface area (Å²) in [5.41, 5.74) is 1.55. The maximum absolute atomic E-state index is 10.6. The molecule has 0 aliphatic rings. The van der Waals surface area contributed by atoms with Crippen LogP contribution in [0.5, 0.6) is 0 Å². The Balaban J connectivity index is 3.10. The topological polar surface area (TPSA) is 63.4 Å². The van der Waals surface area contributed by atoms with E-state index < -0.39 is 17.6 Å². The zero-order valence-corrected chi connectivity index (χ0v) is 8.30. The molecular formula is C8H11NO3S. The normalized spacial score (nSPS) is 12.8. The van der Waals surface area contributed by atoms with Gasteiger partial charge in [-0.15, -0.1) is 11.3 Å². The van der Waals surface area contributed by atoms with Gasteiger partial charge in [0.2, 0.25) is 0 Å². The van der Waals surface area contributed by atoms with E-state index in [0.29, 0.717) is 5.56 Å². The lowest BCUT2D eigenvalue weighted by atomic mass is 10.1. The van der Waals surface area contributed by atoms with Gasteiger partial charge in [-0.3, -0.25) is 10.1 Å². The molecule has 1 unspecified atom stereocenters. The molecule has 0 saturated carbocycles. The second kappa shape index (κ2) is 3.85. The molecule has 0 radical (unpaired) electrons. The van der Waals surface area contributed by atoms with Crippen molar-refractivity contribution in [3.63, 3.8) is 0 Å². The van der Waals surface area contributed by atoms with E-state index in [1.807, 2.05) is 19.2 Å². The van der Waals surface area contributed by atoms with Gasteiger partial charge in [0, 0.05) is 15.4 Å². The van der Waals surface area contributed by atoms with Crippen LogP contribution < -0.4 is 0 Å². The maximum atomic E-state index is 10.6. The molecule has 5 heteroatoms. The van der Waals surface area contributed by atoms with Crippen LogP contribution in [0.2, 0.25) is 0 Å². The third-order valence-electron chi connectivity index (χ3n) is 1.98. The average molecular weight is 201 g/mol. The summed E-state index contributed by atoms with van der Waals surface area (Å²) in [5, 5.41) is 21.3. The highest BCUT2D eigenvalue weighted by atomic mass is 32.1. The molecule has 1 heterocycles. The SMILES string of the molecule is Cc1csc(C)c1C(CO)[N+](=O)[O-]. The summed E-state index contributed by atoms with van der Waals surface area (Å²) in [4.78, 5) is 11.1. The second-order valence-electron chi connectivity index (χ2n) is 2.87. The van der Waals surface area contributed by atoms with E-state index in [2.05, 4.69) is 0 Å². The lowest BCUT2D eigenvalue weighted by Gasteiger charge is -2.06. The average Bonchev–Trinajstić information content (AvgIpc) is 2.36. The number of aliphatic hydroxyl groups is 1. The van der Waals surface area contributed by atoms with Crippen molar-refractivity contribution < 1.29 is 10.0 Å². The molecule has 13 heavy (non-hydrogen) atoms. The fourth-order valence-corrected chi connectivity index (χ4v) is 2.25. The summed E-state index contributed by atoms with van der Waals surface area (Å²) < 4.78 is 0. The smallest absolute Gasteiger partial charge is 0.262 e. The molecule has 1 aromatic rings. The quantitative estimate of drug-likeness (QED) is 0.597. The van der Waals surface area contributed by atoms with Gasteiger partial charge in [0.15, 0.2) is 0 Å². The summed E-state index contributed by atoms with van der Waals surface area (Å²) in [6, 6.07) is -0.966. The molecule has 0 aromatic carbocycles. The number of hydrogen-bond donors (Lipinski definition) is 1. The Morgan fingerprint density at radius 1 is 1.69 bits per heavy atom. The summed E-state index contributed by atoms with van der Waals surface area (Å²) >= 11 is 1.48.